The summed E-state index contributed by atoms with van der Waals surface area (Å²) in [4.78, 5) is 22.2. The van der Waals surface area contributed by atoms with Crippen molar-refractivity contribution in [3.8, 4) is 5.75 Å². The molecule has 98 valence electrons. The van der Waals surface area contributed by atoms with Gasteiger partial charge in [-0.05, 0) is 26.0 Å². The van der Waals surface area contributed by atoms with Crippen LogP contribution in [0.3, 0.4) is 0 Å². The molecule has 0 saturated heterocycles. The van der Waals surface area contributed by atoms with E-state index >= 15 is 0 Å². The van der Waals surface area contributed by atoms with Crippen LogP contribution in [0.15, 0.2) is 24.3 Å². The first-order valence-corrected chi connectivity index (χ1v) is 5.24. The minimum Gasteiger partial charge on any atom is -0.484 e. The molecule has 0 spiro atoms. The zero-order valence-corrected chi connectivity index (χ0v) is 10.1. The van der Waals surface area contributed by atoms with E-state index in [1.54, 1.807) is 0 Å². The third kappa shape index (κ3) is 4.04. The molecule has 0 aliphatic carbocycles. The van der Waals surface area contributed by atoms with Gasteiger partial charge in [-0.1, -0.05) is 6.07 Å². The SMILES string of the molecule is CC(C)(NC(=O)COc1cccc(F)c1)C(=O)O. The molecule has 0 unspecified atom stereocenters. The molecular weight excluding hydrogens is 241 g/mol. The predicted octanol–water partition coefficient (Wildman–Crippen LogP) is 1.18. The van der Waals surface area contributed by atoms with Gasteiger partial charge < -0.3 is 15.2 Å². The Kier molecular flexibility index (Phi) is 4.25. The summed E-state index contributed by atoms with van der Waals surface area (Å²) in [7, 11) is 0. The van der Waals surface area contributed by atoms with Gasteiger partial charge in [0, 0.05) is 6.07 Å². The van der Waals surface area contributed by atoms with E-state index in [0.29, 0.717) is 0 Å². The van der Waals surface area contributed by atoms with Crippen LogP contribution in [-0.4, -0.2) is 29.1 Å². The number of carbonyl (C=O) groups excluding carboxylic acids is 1. The second kappa shape index (κ2) is 5.48. The number of rotatable bonds is 5. The van der Waals surface area contributed by atoms with E-state index in [0.717, 1.165) is 6.07 Å². The molecule has 1 aromatic carbocycles. The van der Waals surface area contributed by atoms with E-state index in [4.69, 9.17) is 9.84 Å². The molecule has 2 N–H and O–H groups in total. The molecule has 0 saturated carbocycles. The lowest BCUT2D eigenvalue weighted by Crippen LogP contribution is -2.51. The Morgan fingerprint density at radius 2 is 2.11 bits per heavy atom. The fourth-order valence-electron chi connectivity index (χ4n) is 1.14. The predicted molar refractivity (Wildman–Crippen MR) is 61.8 cm³/mol. The summed E-state index contributed by atoms with van der Waals surface area (Å²) >= 11 is 0. The molecule has 0 fully saturated rings. The fraction of sp³-hybridized carbons (Fsp3) is 0.333. The van der Waals surface area contributed by atoms with Crippen LogP contribution >= 0.6 is 0 Å². The van der Waals surface area contributed by atoms with Gasteiger partial charge in [0.15, 0.2) is 6.61 Å². The molecule has 0 heterocycles. The van der Waals surface area contributed by atoms with Crippen LogP contribution in [0.4, 0.5) is 4.39 Å². The Morgan fingerprint density at radius 1 is 1.44 bits per heavy atom. The Balaban J connectivity index is 2.50. The second-order valence-corrected chi connectivity index (χ2v) is 4.22. The maximum atomic E-state index is 12.8. The van der Waals surface area contributed by atoms with Crippen molar-refractivity contribution in [1.29, 1.82) is 0 Å². The van der Waals surface area contributed by atoms with E-state index in [-0.39, 0.29) is 12.4 Å². The summed E-state index contributed by atoms with van der Waals surface area (Å²) in [5.41, 5.74) is -1.37. The zero-order valence-electron chi connectivity index (χ0n) is 10.1. The molecule has 0 aliphatic heterocycles. The van der Waals surface area contributed by atoms with Gasteiger partial charge in [-0.2, -0.15) is 0 Å². The molecular formula is C12H14FNO4. The summed E-state index contributed by atoms with van der Waals surface area (Å²) in [6.45, 7) is 2.34. The third-order valence-electron chi connectivity index (χ3n) is 2.15. The minimum atomic E-state index is -1.37. The van der Waals surface area contributed by atoms with Crippen molar-refractivity contribution in [1.82, 2.24) is 5.32 Å². The van der Waals surface area contributed by atoms with Crippen molar-refractivity contribution in [2.75, 3.05) is 6.61 Å². The summed E-state index contributed by atoms with van der Waals surface area (Å²) < 4.78 is 17.8. The average Bonchev–Trinajstić information content (AvgIpc) is 2.25. The van der Waals surface area contributed by atoms with Crippen molar-refractivity contribution in [2.24, 2.45) is 0 Å². The van der Waals surface area contributed by atoms with E-state index in [9.17, 15) is 14.0 Å². The van der Waals surface area contributed by atoms with Crippen LogP contribution in [0.2, 0.25) is 0 Å². The van der Waals surface area contributed by atoms with Gasteiger partial charge in [0.25, 0.3) is 5.91 Å². The smallest absolute Gasteiger partial charge is 0.328 e. The number of aliphatic carboxylic acids is 1. The lowest BCUT2D eigenvalue weighted by atomic mass is 10.1. The van der Waals surface area contributed by atoms with Gasteiger partial charge in [0.1, 0.15) is 17.1 Å². The molecule has 1 amide bonds. The lowest BCUT2D eigenvalue weighted by molar-refractivity contribution is -0.146. The first-order valence-electron chi connectivity index (χ1n) is 5.24. The van der Waals surface area contributed by atoms with Crippen molar-refractivity contribution < 1.29 is 23.8 Å². The maximum absolute atomic E-state index is 12.8. The van der Waals surface area contributed by atoms with Gasteiger partial charge >= 0.3 is 5.97 Å². The lowest BCUT2D eigenvalue weighted by Gasteiger charge is -2.20. The number of benzene rings is 1. The molecule has 5 nitrogen and oxygen atoms in total. The monoisotopic (exact) mass is 255 g/mol. The second-order valence-electron chi connectivity index (χ2n) is 4.22. The average molecular weight is 255 g/mol. The van der Waals surface area contributed by atoms with Crippen LogP contribution in [0, 0.1) is 5.82 Å². The topological polar surface area (TPSA) is 75.6 Å². The number of carboxylic acids is 1. The molecule has 0 aliphatic rings. The van der Waals surface area contributed by atoms with Crippen LogP contribution in [-0.2, 0) is 9.59 Å². The van der Waals surface area contributed by atoms with E-state index in [2.05, 4.69) is 5.32 Å². The minimum absolute atomic E-state index is 0.207. The maximum Gasteiger partial charge on any atom is 0.328 e. The van der Waals surface area contributed by atoms with Gasteiger partial charge in [-0.15, -0.1) is 0 Å². The number of ether oxygens (including phenoxy) is 1. The van der Waals surface area contributed by atoms with E-state index in [1.807, 2.05) is 0 Å². The number of hydrogen-bond acceptors (Lipinski definition) is 3. The molecule has 0 aromatic heterocycles. The zero-order chi connectivity index (χ0) is 13.8. The molecule has 0 atom stereocenters. The Morgan fingerprint density at radius 3 is 2.67 bits per heavy atom. The highest BCUT2D eigenvalue weighted by Gasteiger charge is 2.28. The van der Waals surface area contributed by atoms with Crippen LogP contribution in [0.1, 0.15) is 13.8 Å². The summed E-state index contributed by atoms with van der Waals surface area (Å²) in [5.74, 6) is -2.01. The van der Waals surface area contributed by atoms with Crippen LogP contribution in [0.25, 0.3) is 0 Å². The Labute approximate surface area is 104 Å². The molecule has 0 bridgehead atoms. The molecule has 1 rings (SSSR count). The highest BCUT2D eigenvalue weighted by atomic mass is 19.1. The largest absolute Gasteiger partial charge is 0.484 e. The first kappa shape index (κ1) is 14.0. The molecule has 18 heavy (non-hydrogen) atoms. The standard InChI is InChI=1S/C12H14FNO4/c1-12(2,11(16)17)14-10(15)7-18-9-5-3-4-8(13)6-9/h3-6H,7H2,1-2H3,(H,14,15)(H,16,17). The normalized spacial score (nSPS) is 10.8. The number of nitrogens with one attached hydrogen (secondary N) is 1. The molecule has 1 aromatic rings. The van der Waals surface area contributed by atoms with Crippen LogP contribution < -0.4 is 10.1 Å². The van der Waals surface area contributed by atoms with Gasteiger partial charge in [0.05, 0.1) is 0 Å². The first-order chi connectivity index (χ1) is 8.31. The van der Waals surface area contributed by atoms with E-state index < -0.39 is 23.2 Å². The summed E-state index contributed by atoms with van der Waals surface area (Å²) in [5, 5.41) is 11.1. The quantitative estimate of drug-likeness (QED) is 0.828. The van der Waals surface area contributed by atoms with Crippen LogP contribution in [0.5, 0.6) is 5.75 Å². The Hall–Kier alpha value is -2.11. The number of halogens is 1. The van der Waals surface area contributed by atoms with Crippen molar-refractivity contribution in [3.05, 3.63) is 30.1 Å². The summed E-state index contributed by atoms with van der Waals surface area (Å²) in [6, 6.07) is 5.33. The van der Waals surface area contributed by atoms with Crippen molar-refractivity contribution >= 4 is 11.9 Å². The Bertz CT molecular complexity index is 459. The fourth-order valence-corrected chi connectivity index (χ4v) is 1.14. The highest BCUT2D eigenvalue weighted by molar-refractivity contribution is 5.86. The van der Waals surface area contributed by atoms with Gasteiger partial charge in [-0.25, -0.2) is 9.18 Å². The van der Waals surface area contributed by atoms with Gasteiger partial charge in [-0.3, -0.25) is 4.79 Å². The third-order valence-corrected chi connectivity index (χ3v) is 2.15. The van der Waals surface area contributed by atoms with Crippen molar-refractivity contribution in [2.45, 2.75) is 19.4 Å². The number of amides is 1. The molecule has 0 radical (unpaired) electrons. The van der Waals surface area contributed by atoms with Crippen molar-refractivity contribution in [3.63, 3.8) is 0 Å². The molecule has 6 heteroatoms. The summed E-state index contributed by atoms with van der Waals surface area (Å²) in [6.07, 6.45) is 0. The number of carbonyl (C=O) groups is 2. The highest BCUT2D eigenvalue weighted by Crippen LogP contribution is 2.11. The number of carboxylic acid groups (broad SMARTS) is 1. The van der Waals surface area contributed by atoms with Gasteiger partial charge in [0.2, 0.25) is 0 Å². The van der Waals surface area contributed by atoms with E-state index in [1.165, 1.54) is 32.0 Å². The number of hydrogen-bond donors (Lipinski definition) is 2.